The number of hydrogen-bond acceptors (Lipinski definition) is 2. The van der Waals surface area contributed by atoms with Gasteiger partial charge >= 0.3 is 0 Å². The van der Waals surface area contributed by atoms with Crippen LogP contribution in [-0.4, -0.2) is 21.8 Å². The summed E-state index contributed by atoms with van der Waals surface area (Å²) in [5.74, 6) is 0.566. The van der Waals surface area contributed by atoms with E-state index < -0.39 is 8.68 Å². The molecule has 10 heavy (non-hydrogen) atoms. The van der Waals surface area contributed by atoms with Gasteiger partial charge in [-0.05, 0) is 31.6 Å². The standard InChI is InChI=1S/C7H17NOSi/c1-4-8-5-7(2)6-10(3)9/h7-8H,4-6H2,1-3H3. The summed E-state index contributed by atoms with van der Waals surface area (Å²) in [6.07, 6.45) is 0. The summed E-state index contributed by atoms with van der Waals surface area (Å²) >= 11 is 0. The zero-order valence-corrected chi connectivity index (χ0v) is 8.11. The molecular formula is C7H17NOSi. The van der Waals surface area contributed by atoms with Crippen LogP contribution < -0.4 is 5.32 Å². The van der Waals surface area contributed by atoms with Crippen molar-refractivity contribution in [3.05, 3.63) is 0 Å². The van der Waals surface area contributed by atoms with E-state index in [1.165, 1.54) is 0 Å². The molecule has 2 nitrogen and oxygen atoms in total. The highest BCUT2D eigenvalue weighted by Gasteiger charge is 2.04. The SMILES string of the molecule is CCNCC(C)C[Si](C)=O. The van der Waals surface area contributed by atoms with E-state index >= 15 is 0 Å². The summed E-state index contributed by atoms with van der Waals surface area (Å²) in [5, 5.41) is 3.23. The molecule has 0 amide bonds. The zero-order chi connectivity index (χ0) is 7.98. The van der Waals surface area contributed by atoms with Gasteiger partial charge in [-0.1, -0.05) is 13.8 Å². The van der Waals surface area contributed by atoms with Crippen molar-refractivity contribution in [3.8, 4) is 0 Å². The van der Waals surface area contributed by atoms with Crippen molar-refractivity contribution in [1.82, 2.24) is 5.32 Å². The van der Waals surface area contributed by atoms with Gasteiger partial charge in [0, 0.05) is 0 Å². The largest absolute Gasteiger partial charge is 0.389 e. The molecule has 3 heteroatoms. The summed E-state index contributed by atoms with van der Waals surface area (Å²) < 4.78 is 10.8. The third-order valence-electron chi connectivity index (χ3n) is 1.38. The van der Waals surface area contributed by atoms with Crippen LogP contribution in [0.25, 0.3) is 0 Å². The molecule has 1 unspecified atom stereocenters. The first kappa shape index (κ1) is 9.98. The zero-order valence-electron chi connectivity index (χ0n) is 7.11. The van der Waals surface area contributed by atoms with Crippen LogP contribution in [0.3, 0.4) is 0 Å². The van der Waals surface area contributed by atoms with Crippen LogP contribution in [-0.2, 0) is 4.46 Å². The van der Waals surface area contributed by atoms with Gasteiger partial charge in [0.15, 0.2) is 0 Å². The van der Waals surface area contributed by atoms with Crippen LogP contribution in [0, 0.1) is 5.92 Å². The average molecular weight is 159 g/mol. The maximum atomic E-state index is 10.8. The predicted molar refractivity (Wildman–Crippen MR) is 44.8 cm³/mol. The normalized spacial score (nSPS) is 13.1. The van der Waals surface area contributed by atoms with E-state index in [1.807, 2.05) is 6.55 Å². The first-order chi connectivity index (χ1) is 4.66. The van der Waals surface area contributed by atoms with E-state index in [2.05, 4.69) is 19.2 Å². The quantitative estimate of drug-likeness (QED) is 0.612. The van der Waals surface area contributed by atoms with Crippen molar-refractivity contribution < 1.29 is 4.46 Å². The molecule has 0 aliphatic carbocycles. The van der Waals surface area contributed by atoms with Crippen LogP contribution in [0.1, 0.15) is 13.8 Å². The summed E-state index contributed by atoms with van der Waals surface area (Å²) in [7, 11) is -1.25. The van der Waals surface area contributed by atoms with Gasteiger partial charge in [-0.25, -0.2) is 0 Å². The number of rotatable bonds is 5. The van der Waals surface area contributed by atoms with Gasteiger partial charge in [0.1, 0.15) is 0 Å². The van der Waals surface area contributed by atoms with Gasteiger partial charge in [-0.15, -0.1) is 0 Å². The molecule has 1 atom stereocenters. The molecule has 0 fully saturated rings. The van der Waals surface area contributed by atoms with E-state index in [0.29, 0.717) is 5.92 Å². The lowest BCUT2D eigenvalue weighted by Gasteiger charge is -2.07. The molecule has 0 saturated heterocycles. The first-order valence-electron chi connectivity index (χ1n) is 3.87. The Labute approximate surface area is 64.7 Å². The molecule has 0 heterocycles. The Morgan fingerprint density at radius 3 is 2.60 bits per heavy atom. The van der Waals surface area contributed by atoms with Gasteiger partial charge in [0.05, 0.1) is 0 Å². The first-order valence-corrected chi connectivity index (χ1v) is 5.98. The van der Waals surface area contributed by atoms with Gasteiger partial charge < -0.3 is 9.78 Å². The van der Waals surface area contributed by atoms with Crippen LogP contribution in [0.5, 0.6) is 0 Å². The molecule has 0 radical (unpaired) electrons. The fourth-order valence-electron chi connectivity index (χ4n) is 0.954. The highest BCUT2D eigenvalue weighted by molar-refractivity contribution is 6.40. The Balaban J connectivity index is 3.25. The second-order valence-corrected chi connectivity index (χ2v) is 4.63. The van der Waals surface area contributed by atoms with Crippen LogP contribution in [0.2, 0.25) is 12.6 Å². The van der Waals surface area contributed by atoms with Crippen LogP contribution in [0.15, 0.2) is 0 Å². The molecule has 0 aliphatic heterocycles. The van der Waals surface area contributed by atoms with Gasteiger partial charge in [0.2, 0.25) is 0 Å². The Bertz CT molecular complexity index is 106. The van der Waals surface area contributed by atoms with Crippen molar-refractivity contribution in [3.63, 3.8) is 0 Å². The van der Waals surface area contributed by atoms with E-state index in [9.17, 15) is 4.46 Å². The highest BCUT2D eigenvalue weighted by Crippen LogP contribution is 2.00. The maximum absolute atomic E-state index is 10.8. The Hall–Kier alpha value is -0.0231. The highest BCUT2D eigenvalue weighted by atomic mass is 28.3. The lowest BCUT2D eigenvalue weighted by Crippen LogP contribution is -2.21. The van der Waals surface area contributed by atoms with Gasteiger partial charge in [-0.2, -0.15) is 0 Å². The Morgan fingerprint density at radius 2 is 2.20 bits per heavy atom. The van der Waals surface area contributed by atoms with E-state index in [4.69, 9.17) is 0 Å². The maximum Gasteiger partial charge on any atom is 0.273 e. The topological polar surface area (TPSA) is 29.1 Å². The molecule has 0 aromatic heterocycles. The van der Waals surface area contributed by atoms with Gasteiger partial charge in [-0.3, -0.25) is 0 Å². The van der Waals surface area contributed by atoms with Gasteiger partial charge in [0.25, 0.3) is 8.68 Å². The molecule has 0 bridgehead atoms. The molecule has 0 aliphatic rings. The third kappa shape index (κ3) is 6.10. The lowest BCUT2D eigenvalue weighted by molar-refractivity contribution is 0.524. The molecule has 1 N–H and O–H groups in total. The fraction of sp³-hybridized carbons (Fsp3) is 1.00. The van der Waals surface area contributed by atoms with E-state index in [0.717, 1.165) is 19.1 Å². The summed E-state index contributed by atoms with van der Waals surface area (Å²) in [6.45, 7) is 8.05. The van der Waals surface area contributed by atoms with Crippen molar-refractivity contribution in [2.24, 2.45) is 5.92 Å². The minimum atomic E-state index is -1.25. The summed E-state index contributed by atoms with van der Waals surface area (Å²) in [6, 6.07) is 0.887. The lowest BCUT2D eigenvalue weighted by atomic mass is 10.2. The molecule has 0 rings (SSSR count). The number of nitrogens with one attached hydrogen (secondary N) is 1. The minimum absolute atomic E-state index is 0.566. The van der Waals surface area contributed by atoms with Crippen molar-refractivity contribution >= 4 is 8.68 Å². The Kier molecular flexibility index (Phi) is 5.73. The van der Waals surface area contributed by atoms with Crippen molar-refractivity contribution in [2.75, 3.05) is 13.1 Å². The van der Waals surface area contributed by atoms with Crippen molar-refractivity contribution in [2.45, 2.75) is 26.4 Å². The monoisotopic (exact) mass is 159 g/mol. The smallest absolute Gasteiger partial charge is 0.273 e. The summed E-state index contributed by atoms with van der Waals surface area (Å²) in [4.78, 5) is 0. The Morgan fingerprint density at radius 1 is 1.60 bits per heavy atom. The van der Waals surface area contributed by atoms with E-state index in [-0.39, 0.29) is 0 Å². The average Bonchev–Trinajstić information content (AvgIpc) is 1.82. The van der Waals surface area contributed by atoms with Crippen LogP contribution >= 0.6 is 0 Å². The molecule has 60 valence electrons. The third-order valence-corrected chi connectivity index (χ3v) is 2.65. The molecule has 0 aromatic rings. The molecule has 0 aromatic carbocycles. The second-order valence-electron chi connectivity index (χ2n) is 2.82. The minimum Gasteiger partial charge on any atom is -0.389 e. The van der Waals surface area contributed by atoms with E-state index in [1.54, 1.807) is 0 Å². The number of hydrogen-bond donors (Lipinski definition) is 1. The molecule has 0 saturated carbocycles. The molecule has 0 spiro atoms. The molecular weight excluding hydrogens is 142 g/mol. The second kappa shape index (κ2) is 5.74. The predicted octanol–water partition coefficient (Wildman–Crippen LogP) is 1.28. The summed E-state index contributed by atoms with van der Waals surface area (Å²) in [5.41, 5.74) is 0. The van der Waals surface area contributed by atoms with Crippen molar-refractivity contribution in [1.29, 1.82) is 0 Å². The fourth-order valence-corrected chi connectivity index (χ4v) is 2.08. The van der Waals surface area contributed by atoms with Crippen LogP contribution in [0.4, 0.5) is 0 Å².